The van der Waals surface area contributed by atoms with Crippen molar-refractivity contribution in [3.8, 4) is 0 Å². The first kappa shape index (κ1) is 13.7. The van der Waals surface area contributed by atoms with Crippen molar-refractivity contribution in [1.82, 2.24) is 4.98 Å². The lowest BCUT2D eigenvalue weighted by atomic mass is 10.1. The van der Waals surface area contributed by atoms with Crippen LogP contribution in [0.3, 0.4) is 0 Å². The molecule has 6 heteroatoms. The first-order valence-corrected chi connectivity index (χ1v) is 9.13. The predicted molar refractivity (Wildman–Crippen MR) is 81.0 cm³/mol. The highest BCUT2D eigenvalue weighted by Crippen LogP contribution is 2.28. The van der Waals surface area contributed by atoms with Crippen molar-refractivity contribution < 1.29 is 8.42 Å². The molecule has 0 aromatic carbocycles. The molecule has 2 aliphatic rings. The van der Waals surface area contributed by atoms with Crippen LogP contribution in [0.25, 0.3) is 0 Å². The molecule has 0 unspecified atom stereocenters. The summed E-state index contributed by atoms with van der Waals surface area (Å²) in [5.41, 5.74) is 1.04. The van der Waals surface area contributed by atoms with Crippen molar-refractivity contribution in [1.29, 1.82) is 0 Å². The van der Waals surface area contributed by atoms with E-state index in [0.717, 1.165) is 24.6 Å². The molecule has 1 aromatic heterocycles. The fraction of sp³-hybridized carbons (Fsp3) is 0.643. The van der Waals surface area contributed by atoms with E-state index in [-0.39, 0.29) is 6.04 Å². The zero-order valence-corrected chi connectivity index (χ0v) is 12.4. The quantitative estimate of drug-likeness (QED) is 0.919. The van der Waals surface area contributed by atoms with Crippen LogP contribution < -0.4 is 10.2 Å². The highest BCUT2D eigenvalue weighted by Gasteiger charge is 2.25. The van der Waals surface area contributed by atoms with Gasteiger partial charge in [-0.15, -0.1) is 0 Å². The van der Waals surface area contributed by atoms with Gasteiger partial charge in [0.1, 0.15) is 9.84 Å². The minimum Gasteiger partial charge on any atom is -0.379 e. The number of hydrogen-bond donors (Lipinski definition) is 1. The number of aromatic nitrogens is 1. The molecule has 2 fully saturated rings. The molecule has 3 heterocycles. The van der Waals surface area contributed by atoms with Gasteiger partial charge in [0.15, 0.2) is 5.82 Å². The maximum Gasteiger partial charge on any atom is 0.151 e. The highest BCUT2D eigenvalue weighted by molar-refractivity contribution is 7.91. The Morgan fingerprint density at radius 3 is 2.60 bits per heavy atom. The van der Waals surface area contributed by atoms with Crippen LogP contribution in [0.5, 0.6) is 0 Å². The number of anilines is 2. The molecule has 110 valence electrons. The topological polar surface area (TPSA) is 62.3 Å². The third-order valence-corrected chi connectivity index (χ3v) is 5.82. The Kier molecular flexibility index (Phi) is 3.83. The average Bonchev–Trinajstić information content (AvgIpc) is 2.96. The van der Waals surface area contributed by atoms with Crippen molar-refractivity contribution in [3.63, 3.8) is 0 Å². The third kappa shape index (κ3) is 3.06. The summed E-state index contributed by atoms with van der Waals surface area (Å²) in [6, 6.07) is 4.22. The molecule has 2 aliphatic heterocycles. The molecule has 0 spiro atoms. The molecule has 0 amide bonds. The highest BCUT2D eigenvalue weighted by atomic mass is 32.2. The maximum absolute atomic E-state index is 11.5. The molecule has 0 atom stereocenters. The number of hydrogen-bond acceptors (Lipinski definition) is 5. The van der Waals surface area contributed by atoms with Crippen molar-refractivity contribution in [2.75, 3.05) is 34.8 Å². The van der Waals surface area contributed by atoms with Crippen molar-refractivity contribution in [3.05, 3.63) is 18.3 Å². The normalized spacial score (nSPS) is 22.9. The van der Waals surface area contributed by atoms with Gasteiger partial charge in [-0.05, 0) is 37.8 Å². The molecular weight excluding hydrogens is 274 g/mol. The summed E-state index contributed by atoms with van der Waals surface area (Å²) in [6.07, 6.45) is 5.65. The van der Waals surface area contributed by atoms with E-state index >= 15 is 0 Å². The fourth-order valence-corrected chi connectivity index (χ4v) is 4.44. The Labute approximate surface area is 120 Å². The molecule has 2 saturated heterocycles. The monoisotopic (exact) mass is 295 g/mol. The Morgan fingerprint density at radius 2 is 1.90 bits per heavy atom. The van der Waals surface area contributed by atoms with E-state index < -0.39 is 9.84 Å². The average molecular weight is 295 g/mol. The Balaban J connectivity index is 1.71. The van der Waals surface area contributed by atoms with E-state index in [1.54, 1.807) is 0 Å². The Morgan fingerprint density at radius 1 is 1.20 bits per heavy atom. The van der Waals surface area contributed by atoms with Crippen molar-refractivity contribution >= 4 is 21.3 Å². The zero-order chi connectivity index (χ0) is 14.0. The van der Waals surface area contributed by atoms with Crippen LogP contribution in [0.4, 0.5) is 11.5 Å². The zero-order valence-electron chi connectivity index (χ0n) is 11.6. The summed E-state index contributed by atoms with van der Waals surface area (Å²) in [6.45, 7) is 2.12. The molecular formula is C14H21N3O2S. The summed E-state index contributed by atoms with van der Waals surface area (Å²) in [5, 5.41) is 3.50. The van der Waals surface area contributed by atoms with Crippen LogP contribution in [0, 0.1) is 0 Å². The van der Waals surface area contributed by atoms with E-state index in [1.165, 1.54) is 12.8 Å². The number of pyridine rings is 1. The molecule has 1 N–H and O–H groups in total. The molecule has 0 aliphatic carbocycles. The maximum atomic E-state index is 11.5. The van der Waals surface area contributed by atoms with Gasteiger partial charge >= 0.3 is 0 Å². The van der Waals surface area contributed by atoms with Gasteiger partial charge in [-0.1, -0.05) is 0 Å². The fourth-order valence-electron chi connectivity index (χ4n) is 2.94. The van der Waals surface area contributed by atoms with Crippen LogP contribution in [-0.4, -0.2) is 44.0 Å². The van der Waals surface area contributed by atoms with Crippen LogP contribution in [-0.2, 0) is 9.84 Å². The summed E-state index contributed by atoms with van der Waals surface area (Å²) in [7, 11) is -2.80. The first-order chi connectivity index (χ1) is 9.64. The van der Waals surface area contributed by atoms with Gasteiger partial charge in [-0.2, -0.15) is 0 Å². The van der Waals surface area contributed by atoms with Gasteiger partial charge in [-0.25, -0.2) is 13.4 Å². The minimum atomic E-state index is -2.80. The number of rotatable bonds is 3. The Bertz CT molecular complexity index is 554. The van der Waals surface area contributed by atoms with Gasteiger partial charge < -0.3 is 10.2 Å². The smallest absolute Gasteiger partial charge is 0.151 e. The predicted octanol–water partition coefficient (Wildman–Crippen LogP) is 1.67. The van der Waals surface area contributed by atoms with Crippen molar-refractivity contribution in [2.45, 2.75) is 31.7 Å². The first-order valence-electron chi connectivity index (χ1n) is 7.31. The van der Waals surface area contributed by atoms with E-state index in [1.807, 2.05) is 18.3 Å². The second-order valence-corrected chi connectivity index (χ2v) is 7.94. The SMILES string of the molecule is O=S1(=O)CCC(Nc2cccnc2N2CCCC2)CC1. The van der Waals surface area contributed by atoms with E-state index in [9.17, 15) is 8.42 Å². The standard InChI is InChI=1S/C14H21N3O2S/c18-20(19)10-5-12(6-11-20)16-13-4-3-7-15-14(13)17-8-1-2-9-17/h3-4,7,12,16H,1-2,5-6,8-11H2. The number of sulfone groups is 1. The number of nitrogens with one attached hydrogen (secondary N) is 1. The molecule has 0 radical (unpaired) electrons. The van der Waals surface area contributed by atoms with Crippen molar-refractivity contribution in [2.24, 2.45) is 0 Å². The molecule has 20 heavy (non-hydrogen) atoms. The van der Waals surface area contributed by atoms with Crippen LogP contribution in [0.2, 0.25) is 0 Å². The van der Waals surface area contributed by atoms with E-state index in [0.29, 0.717) is 24.3 Å². The molecule has 0 bridgehead atoms. The largest absolute Gasteiger partial charge is 0.379 e. The lowest BCUT2D eigenvalue weighted by molar-refractivity contribution is 0.559. The number of nitrogens with zero attached hydrogens (tertiary/aromatic N) is 2. The van der Waals surface area contributed by atoms with Gasteiger partial charge in [0.05, 0.1) is 17.2 Å². The van der Waals surface area contributed by atoms with Crippen LogP contribution in [0.15, 0.2) is 18.3 Å². The van der Waals surface area contributed by atoms with Gasteiger partial charge in [0, 0.05) is 25.3 Å². The van der Waals surface area contributed by atoms with Gasteiger partial charge in [0.2, 0.25) is 0 Å². The summed E-state index contributed by atoms with van der Waals surface area (Å²) in [5.74, 6) is 1.60. The summed E-state index contributed by atoms with van der Waals surface area (Å²) < 4.78 is 23.0. The molecule has 5 nitrogen and oxygen atoms in total. The van der Waals surface area contributed by atoms with Crippen LogP contribution in [0.1, 0.15) is 25.7 Å². The van der Waals surface area contributed by atoms with E-state index in [4.69, 9.17) is 0 Å². The second kappa shape index (κ2) is 5.60. The van der Waals surface area contributed by atoms with E-state index in [2.05, 4.69) is 15.2 Å². The van der Waals surface area contributed by atoms with Crippen LogP contribution >= 0.6 is 0 Å². The second-order valence-electron chi connectivity index (χ2n) is 5.64. The van der Waals surface area contributed by atoms with Gasteiger partial charge in [-0.3, -0.25) is 0 Å². The van der Waals surface area contributed by atoms with Gasteiger partial charge in [0.25, 0.3) is 0 Å². The summed E-state index contributed by atoms with van der Waals surface area (Å²) >= 11 is 0. The lowest BCUT2D eigenvalue weighted by Gasteiger charge is -2.27. The lowest BCUT2D eigenvalue weighted by Crippen LogP contribution is -2.33. The third-order valence-electron chi connectivity index (χ3n) is 4.11. The molecule has 1 aromatic rings. The summed E-state index contributed by atoms with van der Waals surface area (Å²) in [4.78, 5) is 6.81. The molecule has 3 rings (SSSR count). The Hall–Kier alpha value is -1.30. The molecule has 0 saturated carbocycles. The minimum absolute atomic E-state index is 0.240.